The van der Waals surface area contributed by atoms with Gasteiger partial charge in [0.05, 0.1) is 11.7 Å². The predicted octanol–water partition coefficient (Wildman–Crippen LogP) is 3.80. The van der Waals surface area contributed by atoms with E-state index in [9.17, 15) is 0 Å². The number of aryl methyl sites for hydroxylation is 1. The Kier molecular flexibility index (Phi) is 3.51. The maximum atomic E-state index is 4.83. The zero-order chi connectivity index (χ0) is 14.1. The van der Waals surface area contributed by atoms with E-state index in [1.54, 1.807) is 0 Å². The number of fused-ring (bicyclic) bond motifs is 1. The lowest BCUT2D eigenvalue weighted by molar-refractivity contribution is 0.474. The van der Waals surface area contributed by atoms with E-state index in [4.69, 9.17) is 5.10 Å². The molecule has 2 heterocycles. The van der Waals surface area contributed by atoms with Gasteiger partial charge >= 0.3 is 0 Å². The Morgan fingerprint density at radius 3 is 2.75 bits per heavy atom. The molecule has 3 nitrogen and oxygen atoms in total. The number of anilines is 1. The molecular formula is C17H23N3. The number of hydrogen-bond acceptors (Lipinski definition) is 2. The van der Waals surface area contributed by atoms with Gasteiger partial charge in [-0.05, 0) is 31.2 Å². The van der Waals surface area contributed by atoms with Gasteiger partial charge in [-0.25, -0.2) is 4.68 Å². The van der Waals surface area contributed by atoms with Gasteiger partial charge in [0.15, 0.2) is 0 Å². The molecular weight excluding hydrogens is 246 g/mol. The number of hydrogen-bond donors (Lipinski definition) is 1. The minimum absolute atomic E-state index is 0.368. The van der Waals surface area contributed by atoms with Crippen molar-refractivity contribution < 1.29 is 0 Å². The van der Waals surface area contributed by atoms with Crippen molar-refractivity contribution in [3.8, 4) is 0 Å². The van der Waals surface area contributed by atoms with E-state index in [1.807, 2.05) is 0 Å². The Morgan fingerprint density at radius 1 is 1.30 bits per heavy atom. The number of aromatic nitrogens is 2. The average Bonchev–Trinajstić information content (AvgIpc) is 2.80. The van der Waals surface area contributed by atoms with Gasteiger partial charge in [0.25, 0.3) is 0 Å². The molecule has 1 aliphatic rings. The molecule has 3 rings (SSSR count). The van der Waals surface area contributed by atoms with Crippen LogP contribution in [0.2, 0.25) is 0 Å². The van der Waals surface area contributed by atoms with Crippen LogP contribution in [0.5, 0.6) is 0 Å². The second-order valence-electron chi connectivity index (χ2n) is 6.21. The van der Waals surface area contributed by atoms with E-state index >= 15 is 0 Å². The molecule has 1 aliphatic heterocycles. The van der Waals surface area contributed by atoms with Gasteiger partial charge in [-0.3, -0.25) is 0 Å². The van der Waals surface area contributed by atoms with E-state index in [1.165, 1.54) is 16.8 Å². The summed E-state index contributed by atoms with van der Waals surface area (Å²) in [6, 6.07) is 11.4. The fraction of sp³-hybridized carbons (Fsp3) is 0.471. The molecule has 0 amide bonds. The molecule has 0 fully saturated rings. The summed E-state index contributed by atoms with van der Waals surface area (Å²) in [4.78, 5) is 0. The highest BCUT2D eigenvalue weighted by atomic mass is 15.4. The van der Waals surface area contributed by atoms with Crippen molar-refractivity contribution in [1.82, 2.24) is 9.78 Å². The highest BCUT2D eigenvalue weighted by Crippen LogP contribution is 2.30. The monoisotopic (exact) mass is 269 g/mol. The molecule has 1 aromatic heterocycles. The maximum absolute atomic E-state index is 4.83. The van der Waals surface area contributed by atoms with Crippen molar-refractivity contribution in [2.45, 2.75) is 39.7 Å². The van der Waals surface area contributed by atoms with Crippen molar-refractivity contribution >= 4 is 5.82 Å². The summed E-state index contributed by atoms with van der Waals surface area (Å²) in [6.07, 6.45) is 2.14. The van der Waals surface area contributed by atoms with Crippen LogP contribution in [-0.4, -0.2) is 16.3 Å². The van der Waals surface area contributed by atoms with Crippen molar-refractivity contribution in [2.24, 2.45) is 5.92 Å². The van der Waals surface area contributed by atoms with Crippen LogP contribution in [0.4, 0.5) is 5.82 Å². The van der Waals surface area contributed by atoms with Crippen LogP contribution in [0.15, 0.2) is 30.3 Å². The number of benzene rings is 1. The molecule has 0 bridgehead atoms. The molecule has 0 saturated heterocycles. The predicted molar refractivity (Wildman–Crippen MR) is 83.2 cm³/mol. The maximum Gasteiger partial charge on any atom is 0.125 e. The zero-order valence-electron chi connectivity index (χ0n) is 12.6. The van der Waals surface area contributed by atoms with Crippen LogP contribution in [0.3, 0.4) is 0 Å². The SMILES string of the molecule is Cc1ccc(C2CCNc3cc(CC(C)C)nn32)cc1. The Bertz CT molecular complexity index is 581. The van der Waals surface area contributed by atoms with Crippen molar-refractivity contribution in [2.75, 3.05) is 11.9 Å². The summed E-state index contributed by atoms with van der Waals surface area (Å²) >= 11 is 0. The molecule has 1 N–H and O–H groups in total. The first-order chi connectivity index (χ1) is 9.63. The average molecular weight is 269 g/mol. The molecule has 0 saturated carbocycles. The topological polar surface area (TPSA) is 29.9 Å². The van der Waals surface area contributed by atoms with E-state index in [-0.39, 0.29) is 0 Å². The molecule has 3 heteroatoms. The first-order valence-electron chi connectivity index (χ1n) is 7.52. The number of nitrogens with zero attached hydrogens (tertiary/aromatic N) is 2. The fourth-order valence-corrected chi connectivity index (χ4v) is 2.89. The van der Waals surface area contributed by atoms with E-state index in [0.717, 1.165) is 25.2 Å². The zero-order valence-corrected chi connectivity index (χ0v) is 12.6. The lowest BCUT2D eigenvalue weighted by atomic mass is 10.0. The molecule has 0 radical (unpaired) electrons. The van der Waals surface area contributed by atoms with Gasteiger partial charge in [-0.2, -0.15) is 5.10 Å². The summed E-state index contributed by atoms with van der Waals surface area (Å²) in [5, 5.41) is 8.29. The Hall–Kier alpha value is -1.77. The van der Waals surface area contributed by atoms with Crippen LogP contribution < -0.4 is 5.32 Å². The fourth-order valence-electron chi connectivity index (χ4n) is 2.89. The van der Waals surface area contributed by atoms with Crippen LogP contribution in [0.25, 0.3) is 0 Å². The second-order valence-corrected chi connectivity index (χ2v) is 6.21. The molecule has 1 unspecified atom stereocenters. The molecule has 0 spiro atoms. The lowest BCUT2D eigenvalue weighted by Crippen LogP contribution is -2.24. The van der Waals surface area contributed by atoms with Gasteiger partial charge in [-0.1, -0.05) is 43.7 Å². The summed E-state index contributed by atoms with van der Waals surface area (Å²) in [5.74, 6) is 1.81. The molecule has 20 heavy (non-hydrogen) atoms. The number of nitrogens with one attached hydrogen (secondary N) is 1. The lowest BCUT2D eigenvalue weighted by Gasteiger charge is -2.26. The molecule has 106 valence electrons. The van der Waals surface area contributed by atoms with Crippen LogP contribution in [-0.2, 0) is 6.42 Å². The second kappa shape index (κ2) is 5.31. The third kappa shape index (κ3) is 2.58. The Balaban J connectivity index is 1.92. The van der Waals surface area contributed by atoms with Crippen molar-refractivity contribution in [3.05, 3.63) is 47.2 Å². The van der Waals surface area contributed by atoms with Gasteiger partial charge in [0.1, 0.15) is 5.82 Å². The highest BCUT2D eigenvalue weighted by Gasteiger charge is 2.23. The van der Waals surface area contributed by atoms with Crippen molar-refractivity contribution in [3.63, 3.8) is 0 Å². The third-order valence-corrected chi connectivity index (χ3v) is 3.88. The summed E-state index contributed by atoms with van der Waals surface area (Å²) in [6.45, 7) is 7.63. The normalized spacial score (nSPS) is 17.9. The quantitative estimate of drug-likeness (QED) is 0.918. The van der Waals surface area contributed by atoms with Gasteiger partial charge < -0.3 is 5.32 Å². The Morgan fingerprint density at radius 2 is 2.05 bits per heavy atom. The molecule has 2 aromatic rings. The van der Waals surface area contributed by atoms with E-state index < -0.39 is 0 Å². The smallest absolute Gasteiger partial charge is 0.125 e. The third-order valence-electron chi connectivity index (χ3n) is 3.88. The van der Waals surface area contributed by atoms with Gasteiger partial charge in [-0.15, -0.1) is 0 Å². The standard InChI is InChI=1S/C17H23N3/c1-12(2)10-15-11-17-18-9-8-16(20(17)19-15)14-6-4-13(3)5-7-14/h4-7,11-12,16,18H,8-10H2,1-3H3. The van der Waals surface area contributed by atoms with E-state index in [2.05, 4.69) is 61.1 Å². The minimum atomic E-state index is 0.368. The molecule has 1 atom stereocenters. The summed E-state index contributed by atoms with van der Waals surface area (Å²) in [7, 11) is 0. The summed E-state index contributed by atoms with van der Waals surface area (Å²) in [5.41, 5.74) is 3.86. The number of rotatable bonds is 3. The van der Waals surface area contributed by atoms with Crippen LogP contribution in [0.1, 0.15) is 43.1 Å². The molecule has 1 aromatic carbocycles. The highest BCUT2D eigenvalue weighted by molar-refractivity contribution is 5.41. The summed E-state index contributed by atoms with van der Waals surface area (Å²) < 4.78 is 2.17. The van der Waals surface area contributed by atoms with Crippen molar-refractivity contribution in [1.29, 1.82) is 0 Å². The Labute approximate surface area is 121 Å². The first kappa shape index (κ1) is 13.2. The molecule has 0 aliphatic carbocycles. The van der Waals surface area contributed by atoms with Crippen LogP contribution in [0, 0.1) is 12.8 Å². The van der Waals surface area contributed by atoms with Gasteiger partial charge in [0.2, 0.25) is 0 Å². The van der Waals surface area contributed by atoms with Crippen LogP contribution >= 0.6 is 0 Å². The minimum Gasteiger partial charge on any atom is -0.370 e. The first-order valence-corrected chi connectivity index (χ1v) is 7.52. The van der Waals surface area contributed by atoms with E-state index in [0.29, 0.717) is 12.0 Å². The van der Waals surface area contributed by atoms with Gasteiger partial charge in [0, 0.05) is 12.6 Å². The largest absolute Gasteiger partial charge is 0.370 e.